The molecule has 0 aliphatic rings. The highest BCUT2D eigenvalue weighted by Gasteiger charge is 2.33. The Morgan fingerprint density at radius 3 is 2.18 bits per heavy atom. The van der Waals surface area contributed by atoms with Crippen LogP contribution in [0.3, 0.4) is 0 Å². The van der Waals surface area contributed by atoms with Gasteiger partial charge in [-0.25, -0.2) is 8.42 Å². The van der Waals surface area contributed by atoms with Crippen molar-refractivity contribution < 1.29 is 18.0 Å². The minimum absolute atomic E-state index is 0.0657. The summed E-state index contributed by atoms with van der Waals surface area (Å²) in [5.74, 6) is -0.870. The van der Waals surface area contributed by atoms with E-state index in [-0.39, 0.29) is 17.3 Å². The van der Waals surface area contributed by atoms with E-state index >= 15 is 0 Å². The smallest absolute Gasteiger partial charge is 0.264 e. The highest BCUT2D eigenvalue weighted by molar-refractivity contribution is 7.92. The minimum atomic E-state index is -4.10. The lowest BCUT2D eigenvalue weighted by atomic mass is 10.1. The Balaban J connectivity index is 2.05. The van der Waals surface area contributed by atoms with E-state index in [4.69, 9.17) is 11.6 Å². The molecule has 0 spiro atoms. The van der Waals surface area contributed by atoms with Crippen molar-refractivity contribution in [2.24, 2.45) is 0 Å². The molecule has 0 heterocycles. The molecule has 1 atom stereocenters. The number of hydrogen-bond acceptors (Lipinski definition) is 4. The second kappa shape index (κ2) is 12.2. The van der Waals surface area contributed by atoms with Gasteiger partial charge in [-0.2, -0.15) is 0 Å². The first-order valence-electron chi connectivity index (χ1n) is 12.7. The summed E-state index contributed by atoms with van der Waals surface area (Å²) >= 11 is 6.19. The Morgan fingerprint density at radius 1 is 0.923 bits per heavy atom. The summed E-state index contributed by atoms with van der Waals surface area (Å²) in [6.45, 7) is 10.6. The molecule has 3 aromatic rings. The molecule has 0 saturated carbocycles. The van der Waals surface area contributed by atoms with Crippen LogP contribution >= 0.6 is 11.6 Å². The summed E-state index contributed by atoms with van der Waals surface area (Å²) in [4.78, 5) is 28.6. The van der Waals surface area contributed by atoms with Crippen LogP contribution in [-0.4, -0.2) is 43.3 Å². The van der Waals surface area contributed by atoms with Crippen molar-refractivity contribution in [3.8, 4) is 0 Å². The first-order chi connectivity index (χ1) is 18.2. The van der Waals surface area contributed by atoms with Gasteiger partial charge < -0.3 is 10.2 Å². The Morgan fingerprint density at radius 2 is 1.59 bits per heavy atom. The van der Waals surface area contributed by atoms with Crippen molar-refractivity contribution in [2.75, 3.05) is 10.8 Å². The minimum Gasteiger partial charge on any atom is -0.350 e. The molecule has 0 aliphatic heterocycles. The van der Waals surface area contributed by atoms with Crippen LogP contribution in [0.15, 0.2) is 77.7 Å². The highest BCUT2D eigenvalue weighted by Crippen LogP contribution is 2.26. The quantitative estimate of drug-likeness (QED) is 0.369. The average Bonchev–Trinajstić information content (AvgIpc) is 2.86. The maximum Gasteiger partial charge on any atom is 0.264 e. The van der Waals surface area contributed by atoms with Crippen LogP contribution in [0.4, 0.5) is 5.69 Å². The van der Waals surface area contributed by atoms with Crippen LogP contribution in [-0.2, 0) is 26.2 Å². The second-order valence-electron chi connectivity index (χ2n) is 10.7. The maximum absolute atomic E-state index is 14.0. The van der Waals surface area contributed by atoms with Crippen molar-refractivity contribution in [1.82, 2.24) is 10.2 Å². The van der Waals surface area contributed by atoms with Crippen LogP contribution in [0.2, 0.25) is 5.02 Å². The Kier molecular flexibility index (Phi) is 9.46. The SMILES string of the molecule is Cc1ccc(N(CC(=O)N(Cc2cccc(Cl)c2)C(C)C(=O)NC(C)(C)C)S(=O)(=O)c2ccccc2)cc1C. The number of nitrogens with zero attached hydrogens (tertiary/aromatic N) is 2. The molecule has 0 aliphatic carbocycles. The summed E-state index contributed by atoms with van der Waals surface area (Å²) in [6, 6.07) is 19.4. The Labute approximate surface area is 236 Å². The van der Waals surface area contributed by atoms with Gasteiger partial charge in [-0.15, -0.1) is 0 Å². The predicted molar refractivity (Wildman–Crippen MR) is 156 cm³/mol. The first-order valence-corrected chi connectivity index (χ1v) is 14.5. The number of carbonyl (C=O) groups excluding carboxylic acids is 2. The van der Waals surface area contributed by atoms with E-state index in [2.05, 4.69) is 5.32 Å². The van der Waals surface area contributed by atoms with Crippen molar-refractivity contribution in [2.45, 2.75) is 64.6 Å². The lowest BCUT2D eigenvalue weighted by molar-refractivity contribution is -0.140. The molecule has 9 heteroatoms. The van der Waals surface area contributed by atoms with Gasteiger partial charge in [-0.1, -0.05) is 48.0 Å². The number of anilines is 1. The molecule has 3 aromatic carbocycles. The molecule has 2 amide bonds. The Hall–Kier alpha value is -3.36. The van der Waals surface area contributed by atoms with E-state index in [1.54, 1.807) is 55.5 Å². The number of benzene rings is 3. The third kappa shape index (κ3) is 7.83. The fourth-order valence-electron chi connectivity index (χ4n) is 4.02. The number of sulfonamides is 1. The lowest BCUT2D eigenvalue weighted by Gasteiger charge is -2.33. The van der Waals surface area contributed by atoms with Gasteiger partial charge in [0, 0.05) is 17.1 Å². The predicted octanol–water partition coefficient (Wildman–Crippen LogP) is 5.48. The largest absolute Gasteiger partial charge is 0.350 e. The fraction of sp³-hybridized carbons (Fsp3) is 0.333. The molecule has 0 bridgehead atoms. The number of nitrogens with one attached hydrogen (secondary N) is 1. The second-order valence-corrected chi connectivity index (χ2v) is 13.0. The Bertz CT molecular complexity index is 1440. The highest BCUT2D eigenvalue weighted by atomic mass is 35.5. The molecule has 39 heavy (non-hydrogen) atoms. The molecule has 0 radical (unpaired) electrons. The average molecular weight is 570 g/mol. The van der Waals surface area contributed by atoms with Crippen molar-refractivity contribution in [3.63, 3.8) is 0 Å². The molecule has 1 unspecified atom stereocenters. The fourth-order valence-corrected chi connectivity index (χ4v) is 5.66. The monoisotopic (exact) mass is 569 g/mol. The third-order valence-electron chi connectivity index (χ3n) is 6.30. The standard InChI is InChI=1S/C30H36ClN3O4S/c1-21-15-16-26(17-22(21)2)34(39(37,38)27-13-8-7-9-14-27)20-28(35)33(19-24-11-10-12-25(31)18-24)23(3)29(36)32-30(4,5)6/h7-18,23H,19-20H2,1-6H3,(H,32,36). The van der Waals surface area contributed by atoms with E-state index in [0.717, 1.165) is 21.0 Å². The number of amides is 2. The van der Waals surface area contributed by atoms with Gasteiger partial charge in [-0.05, 0) is 94.6 Å². The van der Waals surface area contributed by atoms with Gasteiger partial charge in [0.25, 0.3) is 10.0 Å². The number of rotatable bonds is 9. The molecule has 208 valence electrons. The van der Waals surface area contributed by atoms with Gasteiger partial charge in [0.1, 0.15) is 12.6 Å². The van der Waals surface area contributed by atoms with E-state index in [1.807, 2.05) is 46.8 Å². The van der Waals surface area contributed by atoms with E-state index in [9.17, 15) is 18.0 Å². The van der Waals surface area contributed by atoms with E-state index in [0.29, 0.717) is 10.7 Å². The topological polar surface area (TPSA) is 86.8 Å². The normalized spacial score (nSPS) is 12.5. The van der Waals surface area contributed by atoms with Crippen LogP contribution in [0.5, 0.6) is 0 Å². The lowest BCUT2D eigenvalue weighted by Crippen LogP contribution is -2.54. The van der Waals surface area contributed by atoms with Gasteiger partial charge in [0.05, 0.1) is 10.6 Å². The molecule has 7 nitrogen and oxygen atoms in total. The summed E-state index contributed by atoms with van der Waals surface area (Å²) < 4.78 is 28.8. The van der Waals surface area contributed by atoms with Gasteiger partial charge in [0.2, 0.25) is 11.8 Å². The third-order valence-corrected chi connectivity index (χ3v) is 8.32. The zero-order valence-corrected chi connectivity index (χ0v) is 24.8. The van der Waals surface area contributed by atoms with E-state index in [1.165, 1.54) is 17.0 Å². The molecule has 0 fully saturated rings. The number of hydrogen-bond donors (Lipinski definition) is 1. The maximum atomic E-state index is 14.0. The zero-order valence-electron chi connectivity index (χ0n) is 23.2. The molecule has 1 N–H and O–H groups in total. The van der Waals surface area contributed by atoms with Crippen molar-refractivity contribution in [3.05, 3.63) is 94.5 Å². The molecule has 0 saturated heterocycles. The molecule has 0 aromatic heterocycles. The summed E-state index contributed by atoms with van der Waals surface area (Å²) in [5, 5.41) is 3.41. The molecular formula is C30H36ClN3O4S. The van der Waals surface area contributed by atoms with Crippen LogP contribution < -0.4 is 9.62 Å². The summed E-state index contributed by atoms with van der Waals surface area (Å²) in [6.07, 6.45) is 0. The zero-order chi connectivity index (χ0) is 29.0. The van der Waals surface area contributed by atoms with Gasteiger partial charge in [-0.3, -0.25) is 13.9 Å². The number of halogens is 1. The van der Waals surface area contributed by atoms with Crippen molar-refractivity contribution in [1.29, 1.82) is 0 Å². The van der Waals surface area contributed by atoms with E-state index < -0.39 is 34.1 Å². The van der Waals surface area contributed by atoms with Crippen LogP contribution in [0.1, 0.15) is 44.4 Å². The number of carbonyl (C=O) groups is 2. The molecular weight excluding hydrogens is 534 g/mol. The summed E-state index contributed by atoms with van der Waals surface area (Å²) in [7, 11) is -4.10. The van der Waals surface area contributed by atoms with Gasteiger partial charge in [0.15, 0.2) is 0 Å². The molecule has 3 rings (SSSR count). The number of aryl methyl sites for hydroxylation is 2. The van der Waals surface area contributed by atoms with Crippen LogP contribution in [0.25, 0.3) is 0 Å². The van der Waals surface area contributed by atoms with Crippen molar-refractivity contribution >= 4 is 39.1 Å². The first kappa shape index (κ1) is 30.2. The summed E-state index contributed by atoms with van der Waals surface area (Å²) in [5.41, 5.74) is 2.46. The van der Waals surface area contributed by atoms with Gasteiger partial charge >= 0.3 is 0 Å². The van der Waals surface area contributed by atoms with Crippen LogP contribution in [0, 0.1) is 13.8 Å².